The molecule has 1 amide bonds. The molecule has 2 aromatic carbocycles. The van der Waals surface area contributed by atoms with Crippen LogP contribution >= 0.6 is 0 Å². The minimum Gasteiger partial charge on any atom is -0.386 e. The highest BCUT2D eigenvalue weighted by atomic mass is 16.3. The number of aliphatic hydroxyl groups is 1. The zero-order valence-electron chi connectivity index (χ0n) is 22.0. The molecule has 2 N–H and O–H groups in total. The molecular weight excluding hydrogens is 486 g/mol. The van der Waals surface area contributed by atoms with Gasteiger partial charge in [-0.3, -0.25) is 14.8 Å². The quantitative estimate of drug-likeness (QED) is 0.404. The Morgan fingerprint density at radius 1 is 1.03 bits per heavy atom. The number of aromatic nitrogens is 2. The Balaban J connectivity index is 1.08. The molecule has 1 aliphatic carbocycles. The number of aryl methyl sites for hydroxylation is 1. The molecule has 3 aliphatic rings. The summed E-state index contributed by atoms with van der Waals surface area (Å²) in [6.07, 6.45) is 5.46. The van der Waals surface area contributed by atoms with Crippen LogP contribution in [0.2, 0.25) is 0 Å². The van der Waals surface area contributed by atoms with Gasteiger partial charge in [0.25, 0.3) is 5.91 Å². The van der Waals surface area contributed by atoms with Crippen LogP contribution in [0.1, 0.15) is 51.5 Å². The van der Waals surface area contributed by atoms with E-state index in [4.69, 9.17) is 5.41 Å². The van der Waals surface area contributed by atoms with Crippen LogP contribution in [0.3, 0.4) is 0 Å². The predicted molar refractivity (Wildman–Crippen MR) is 153 cm³/mol. The number of carbonyl (C=O) groups excluding carboxylic acids is 1. The number of rotatable bonds is 3. The molecule has 4 heterocycles. The van der Waals surface area contributed by atoms with Crippen LogP contribution in [0.5, 0.6) is 0 Å². The first-order chi connectivity index (χ1) is 19.0. The number of anilines is 2. The third kappa shape index (κ3) is 3.91. The Morgan fingerprint density at radius 3 is 2.69 bits per heavy atom. The lowest BCUT2D eigenvalue weighted by atomic mass is 9.80. The van der Waals surface area contributed by atoms with Gasteiger partial charge in [-0.15, -0.1) is 0 Å². The summed E-state index contributed by atoms with van der Waals surface area (Å²) in [6.45, 7) is 4.40. The van der Waals surface area contributed by atoms with Gasteiger partial charge in [0.1, 0.15) is 11.8 Å². The van der Waals surface area contributed by atoms with Gasteiger partial charge in [-0.25, -0.2) is 0 Å². The molecule has 4 aromatic rings. The summed E-state index contributed by atoms with van der Waals surface area (Å²) in [5.41, 5.74) is 7.92. The molecule has 1 saturated heterocycles. The van der Waals surface area contributed by atoms with Crippen LogP contribution in [0.4, 0.5) is 11.4 Å². The van der Waals surface area contributed by atoms with Crippen molar-refractivity contribution in [2.45, 2.75) is 38.2 Å². The van der Waals surface area contributed by atoms with Crippen molar-refractivity contribution in [1.29, 1.82) is 5.41 Å². The van der Waals surface area contributed by atoms with Crippen LogP contribution in [0.25, 0.3) is 10.9 Å². The lowest BCUT2D eigenvalue weighted by Crippen LogP contribution is -2.38. The van der Waals surface area contributed by atoms with Crippen LogP contribution in [0.15, 0.2) is 67.0 Å². The van der Waals surface area contributed by atoms with Crippen molar-refractivity contribution in [3.63, 3.8) is 0 Å². The second-order valence-electron chi connectivity index (χ2n) is 11.1. The van der Waals surface area contributed by atoms with E-state index in [0.717, 1.165) is 65.8 Å². The van der Waals surface area contributed by atoms with Gasteiger partial charge in [-0.1, -0.05) is 35.9 Å². The number of hydrogen-bond donors (Lipinski definition) is 2. The highest BCUT2D eigenvalue weighted by molar-refractivity contribution is 6.15. The first-order valence-electron chi connectivity index (χ1n) is 13.8. The number of hydrogen-bond acceptors (Lipinski definition) is 6. The molecule has 1 fully saturated rings. The molecule has 0 saturated carbocycles. The topological polar surface area (TPSA) is 93.4 Å². The Kier molecular flexibility index (Phi) is 5.70. The molecule has 7 heteroatoms. The third-order valence-corrected chi connectivity index (χ3v) is 8.82. The van der Waals surface area contributed by atoms with E-state index >= 15 is 0 Å². The fraction of sp³-hybridized carbons (Fsp3) is 0.312. The molecule has 39 heavy (non-hydrogen) atoms. The number of para-hydroxylation sites is 1. The van der Waals surface area contributed by atoms with E-state index in [-0.39, 0.29) is 17.7 Å². The molecule has 0 bridgehead atoms. The minimum absolute atomic E-state index is 0.0572. The van der Waals surface area contributed by atoms with Crippen LogP contribution in [-0.2, 0) is 6.42 Å². The third-order valence-electron chi connectivity index (χ3n) is 8.82. The number of piperidine rings is 1. The number of nitrogens with one attached hydrogen (secondary N) is 1. The van der Waals surface area contributed by atoms with Crippen molar-refractivity contribution < 1.29 is 9.90 Å². The van der Waals surface area contributed by atoms with Gasteiger partial charge in [0.2, 0.25) is 0 Å². The summed E-state index contributed by atoms with van der Waals surface area (Å²) in [5, 5.41) is 20.8. The van der Waals surface area contributed by atoms with E-state index in [2.05, 4.69) is 33.9 Å². The largest absolute Gasteiger partial charge is 0.386 e. The Morgan fingerprint density at radius 2 is 1.85 bits per heavy atom. The van der Waals surface area contributed by atoms with E-state index in [9.17, 15) is 9.90 Å². The number of aliphatic hydroxyl groups excluding tert-OH is 1. The fourth-order valence-corrected chi connectivity index (χ4v) is 6.85. The summed E-state index contributed by atoms with van der Waals surface area (Å²) in [6, 6.07) is 18.0. The zero-order valence-corrected chi connectivity index (χ0v) is 22.0. The average molecular weight is 518 g/mol. The number of fused-ring (bicyclic) bond motifs is 4. The van der Waals surface area contributed by atoms with Crippen molar-refractivity contribution in [3.8, 4) is 0 Å². The molecule has 2 aliphatic heterocycles. The van der Waals surface area contributed by atoms with E-state index in [1.165, 1.54) is 11.1 Å². The van der Waals surface area contributed by atoms with Crippen molar-refractivity contribution in [2.24, 2.45) is 5.92 Å². The highest BCUT2D eigenvalue weighted by Crippen LogP contribution is 2.44. The molecule has 2 atom stereocenters. The normalized spacial score (nSPS) is 20.9. The smallest absolute Gasteiger partial charge is 0.276 e. The minimum atomic E-state index is -0.804. The highest BCUT2D eigenvalue weighted by Gasteiger charge is 2.42. The number of nitrogens with zero attached hydrogens (tertiary/aromatic N) is 4. The van der Waals surface area contributed by atoms with Crippen LogP contribution in [0, 0.1) is 18.3 Å². The fourth-order valence-electron chi connectivity index (χ4n) is 6.85. The molecule has 7 rings (SSSR count). The van der Waals surface area contributed by atoms with E-state index in [1.807, 2.05) is 53.6 Å². The van der Waals surface area contributed by atoms with Gasteiger partial charge < -0.3 is 20.3 Å². The first kappa shape index (κ1) is 24.0. The number of amides is 1. The molecule has 7 nitrogen and oxygen atoms in total. The second-order valence-corrected chi connectivity index (χ2v) is 11.1. The van der Waals surface area contributed by atoms with E-state index < -0.39 is 6.10 Å². The molecule has 0 radical (unpaired) electrons. The molecule has 2 unspecified atom stereocenters. The number of carbonyl (C=O) groups is 1. The number of pyridine rings is 2. The van der Waals surface area contributed by atoms with E-state index in [0.29, 0.717) is 18.0 Å². The van der Waals surface area contributed by atoms with Crippen LogP contribution in [-0.4, -0.2) is 52.4 Å². The van der Waals surface area contributed by atoms with Gasteiger partial charge in [0.05, 0.1) is 11.2 Å². The Bertz CT molecular complexity index is 1620. The Hall–Kier alpha value is -4.10. The summed E-state index contributed by atoms with van der Waals surface area (Å²) < 4.78 is 0. The first-order valence-corrected chi connectivity index (χ1v) is 13.8. The maximum atomic E-state index is 13.4. The predicted octanol–water partition coefficient (Wildman–Crippen LogP) is 4.88. The standard InChI is InChI=1S/C32H31N5O2/c1-19-6-7-27-21(16-19)11-15-37(27)32(39)26-17-22(8-12-34-26)36-13-9-20(10-14-36)28-24-18-35-25-5-3-2-4-23(25)29(24)30(33)31(28)38/h2-8,12,16-18,20,28,31,33,38H,9-11,13-15H2,1H3. The zero-order chi connectivity index (χ0) is 26.7. The average Bonchev–Trinajstić information content (AvgIpc) is 3.50. The second kappa shape index (κ2) is 9.27. The monoisotopic (exact) mass is 517 g/mol. The van der Waals surface area contributed by atoms with Gasteiger partial charge in [0.15, 0.2) is 0 Å². The molecular formula is C32H31N5O2. The Labute approximate surface area is 227 Å². The summed E-state index contributed by atoms with van der Waals surface area (Å²) in [5.74, 6) is 0.0896. The molecule has 196 valence electrons. The van der Waals surface area contributed by atoms with Gasteiger partial charge >= 0.3 is 0 Å². The van der Waals surface area contributed by atoms with Gasteiger partial charge in [-0.2, -0.15) is 0 Å². The lowest BCUT2D eigenvalue weighted by Gasteiger charge is -2.37. The summed E-state index contributed by atoms with van der Waals surface area (Å²) in [7, 11) is 0. The number of benzene rings is 2. The van der Waals surface area contributed by atoms with Crippen molar-refractivity contribution in [1.82, 2.24) is 9.97 Å². The maximum absolute atomic E-state index is 13.4. The van der Waals surface area contributed by atoms with E-state index in [1.54, 1.807) is 6.20 Å². The molecule has 2 aromatic heterocycles. The summed E-state index contributed by atoms with van der Waals surface area (Å²) in [4.78, 5) is 26.7. The van der Waals surface area contributed by atoms with Crippen molar-refractivity contribution in [2.75, 3.05) is 29.4 Å². The van der Waals surface area contributed by atoms with Gasteiger partial charge in [-0.05, 0) is 67.5 Å². The summed E-state index contributed by atoms with van der Waals surface area (Å²) >= 11 is 0. The van der Waals surface area contributed by atoms with Crippen LogP contribution < -0.4 is 9.80 Å². The lowest BCUT2D eigenvalue weighted by molar-refractivity contribution is 0.0984. The molecule has 0 spiro atoms. The van der Waals surface area contributed by atoms with Crippen molar-refractivity contribution in [3.05, 3.63) is 94.9 Å². The maximum Gasteiger partial charge on any atom is 0.276 e. The van der Waals surface area contributed by atoms with Crippen molar-refractivity contribution >= 4 is 33.9 Å². The SMILES string of the molecule is Cc1ccc2c(c1)CCN2C(=O)c1cc(N2CCC(C3c4cnc5ccccc5c4C(=N)C3O)CC2)ccn1. The van der Waals surface area contributed by atoms with Gasteiger partial charge in [0, 0.05) is 60.3 Å².